The maximum atomic E-state index is 12.5. The Bertz CT molecular complexity index is 564. The van der Waals surface area contributed by atoms with Crippen LogP contribution in [-0.2, 0) is 0 Å². The van der Waals surface area contributed by atoms with Gasteiger partial charge >= 0.3 is 0 Å². The first kappa shape index (κ1) is 18.7. The van der Waals surface area contributed by atoms with E-state index in [4.69, 9.17) is 6.42 Å². The van der Waals surface area contributed by atoms with E-state index in [0.717, 1.165) is 22.4 Å². The van der Waals surface area contributed by atoms with Crippen LogP contribution in [-0.4, -0.2) is 27.0 Å². The van der Waals surface area contributed by atoms with Crippen LogP contribution < -0.4 is 10.4 Å². The van der Waals surface area contributed by atoms with Gasteiger partial charge in [-0.25, -0.2) is 0 Å². The van der Waals surface area contributed by atoms with Crippen molar-refractivity contribution in [3.63, 3.8) is 0 Å². The molecule has 0 aromatic heterocycles. The number of phenolic OH excluding ortho intramolecular Hbond substituents is 1. The number of hydrogen-bond donors (Lipinski definition) is 1. The van der Waals surface area contributed by atoms with Crippen LogP contribution in [0.15, 0.2) is 12.1 Å². The second kappa shape index (κ2) is 6.84. The molecule has 1 N–H and O–H groups in total. The van der Waals surface area contributed by atoms with Gasteiger partial charge in [0.2, 0.25) is 0 Å². The lowest BCUT2D eigenvalue weighted by atomic mass is 10.1. The summed E-state index contributed by atoms with van der Waals surface area (Å²) in [4.78, 5) is 12.5. The van der Waals surface area contributed by atoms with E-state index in [9.17, 15) is 9.90 Å². The summed E-state index contributed by atoms with van der Waals surface area (Å²) in [6, 6.07) is 3.84. The number of benzene rings is 1. The summed E-state index contributed by atoms with van der Waals surface area (Å²) in [7, 11) is -3.43. The fourth-order valence-corrected chi connectivity index (χ4v) is 5.43. The van der Waals surface area contributed by atoms with Gasteiger partial charge in [0.25, 0.3) is 0 Å². The first-order valence-electron chi connectivity index (χ1n) is 7.83. The fraction of sp³-hybridized carbons (Fsp3) is 0.500. The van der Waals surface area contributed by atoms with Crippen molar-refractivity contribution in [2.45, 2.75) is 58.5 Å². The van der Waals surface area contributed by atoms with Crippen LogP contribution in [0.25, 0.3) is 0 Å². The summed E-state index contributed by atoms with van der Waals surface area (Å²) in [5.74, 6) is 3.14. The molecule has 0 aliphatic heterocycles. The Hall–Kier alpha value is -1.32. The van der Waals surface area contributed by atoms with Crippen LogP contribution >= 0.6 is 0 Å². The molecule has 120 valence electrons. The summed E-state index contributed by atoms with van der Waals surface area (Å²) in [5.41, 5.74) is 0.740. The lowest BCUT2D eigenvalue weighted by Gasteiger charge is -2.26. The van der Waals surface area contributed by atoms with Gasteiger partial charge in [0.1, 0.15) is 5.75 Å². The average Bonchev–Trinajstić information content (AvgIpc) is 2.36. The molecule has 1 aromatic carbocycles. The summed E-state index contributed by atoms with van der Waals surface area (Å²) >= 11 is 0. The number of unbranched alkanes of at least 4 members (excludes halogenated alkanes) is 1. The smallest absolute Gasteiger partial charge is 0.162 e. The number of rotatable bonds is 6. The lowest BCUT2D eigenvalue weighted by Crippen LogP contribution is -2.46. The first-order valence-corrected chi connectivity index (χ1v) is 14.8. The normalized spacial score (nSPS) is 12.0. The molecule has 0 atom stereocenters. The molecule has 0 aliphatic rings. The van der Waals surface area contributed by atoms with Crippen molar-refractivity contribution in [1.82, 2.24) is 0 Å². The molecule has 0 spiro atoms. The van der Waals surface area contributed by atoms with Gasteiger partial charge in [0, 0.05) is 18.4 Å². The molecule has 0 fully saturated rings. The van der Waals surface area contributed by atoms with Crippen molar-refractivity contribution in [3.05, 3.63) is 17.7 Å². The Morgan fingerprint density at radius 3 is 1.91 bits per heavy atom. The van der Waals surface area contributed by atoms with Crippen LogP contribution in [0.4, 0.5) is 0 Å². The van der Waals surface area contributed by atoms with Crippen LogP contribution in [0.2, 0.25) is 39.3 Å². The molecule has 0 heterocycles. The highest BCUT2D eigenvalue weighted by atomic mass is 28.3. The minimum Gasteiger partial charge on any atom is -0.508 e. The fourth-order valence-electron chi connectivity index (χ4n) is 2.43. The summed E-state index contributed by atoms with van der Waals surface area (Å²) in [5, 5.41) is 12.7. The van der Waals surface area contributed by atoms with Gasteiger partial charge in [-0.15, -0.1) is 12.3 Å². The molecule has 1 aromatic rings. The largest absolute Gasteiger partial charge is 0.508 e. The second-order valence-electron chi connectivity index (χ2n) is 7.90. The molecular weight excluding hydrogens is 304 g/mol. The monoisotopic (exact) mass is 332 g/mol. The molecule has 0 bridgehead atoms. The topological polar surface area (TPSA) is 37.3 Å². The van der Waals surface area contributed by atoms with Gasteiger partial charge in [-0.1, -0.05) is 39.3 Å². The van der Waals surface area contributed by atoms with E-state index in [1.54, 1.807) is 0 Å². The summed E-state index contributed by atoms with van der Waals surface area (Å²) in [6.45, 7) is 13.2. The highest BCUT2D eigenvalue weighted by molar-refractivity contribution is 6.92. The molecule has 0 saturated heterocycles. The van der Waals surface area contributed by atoms with Crippen molar-refractivity contribution in [3.8, 4) is 18.1 Å². The highest BCUT2D eigenvalue weighted by Gasteiger charge is 2.29. The van der Waals surface area contributed by atoms with E-state index >= 15 is 0 Å². The summed E-state index contributed by atoms with van der Waals surface area (Å²) < 4.78 is 0. The second-order valence-corrected chi connectivity index (χ2v) is 18.0. The zero-order valence-electron chi connectivity index (χ0n) is 14.7. The Morgan fingerprint density at radius 1 is 1.09 bits per heavy atom. The molecule has 22 heavy (non-hydrogen) atoms. The van der Waals surface area contributed by atoms with Gasteiger partial charge in [-0.2, -0.15) is 0 Å². The number of terminal acetylenes is 1. The molecule has 1 rings (SSSR count). The van der Waals surface area contributed by atoms with Crippen LogP contribution in [0, 0.1) is 12.3 Å². The van der Waals surface area contributed by atoms with Crippen molar-refractivity contribution < 1.29 is 9.90 Å². The number of ketones is 1. The zero-order valence-corrected chi connectivity index (χ0v) is 16.7. The Labute approximate surface area is 137 Å². The zero-order chi connectivity index (χ0) is 17.1. The molecule has 0 unspecified atom stereocenters. The number of carbonyl (C=O) groups excluding carboxylic acids is 1. The molecule has 0 saturated carbocycles. The predicted octanol–water partition coefficient (Wildman–Crippen LogP) is 3.47. The van der Waals surface area contributed by atoms with Crippen molar-refractivity contribution in [2.75, 3.05) is 0 Å². The van der Waals surface area contributed by atoms with E-state index in [0.29, 0.717) is 18.6 Å². The van der Waals surface area contributed by atoms with E-state index in [1.165, 1.54) is 0 Å². The molecule has 4 heteroatoms. The molecule has 0 aliphatic carbocycles. The van der Waals surface area contributed by atoms with Gasteiger partial charge in [-0.05, 0) is 28.9 Å². The molecule has 0 amide bonds. The van der Waals surface area contributed by atoms with E-state index in [2.05, 4.69) is 45.2 Å². The standard InChI is InChI=1S/C18H28O2Si2/c1-8-9-10-11-15(19)14-12-16(21(2,3)4)18(20)17(13-14)22(5,6)7/h1,12-13,20H,9-11H2,2-7H3. The Kier molecular flexibility index (Phi) is 5.83. The third-order valence-electron chi connectivity index (χ3n) is 3.77. The number of hydrogen-bond acceptors (Lipinski definition) is 2. The number of aromatic hydroxyl groups is 1. The molecule has 0 radical (unpaired) electrons. The minimum absolute atomic E-state index is 0.134. The van der Waals surface area contributed by atoms with Crippen molar-refractivity contribution in [2.24, 2.45) is 0 Å². The molecular formula is C18H28O2Si2. The van der Waals surface area contributed by atoms with Gasteiger partial charge < -0.3 is 5.11 Å². The maximum absolute atomic E-state index is 12.5. The van der Waals surface area contributed by atoms with Crippen LogP contribution in [0.5, 0.6) is 5.75 Å². The lowest BCUT2D eigenvalue weighted by molar-refractivity contribution is 0.0981. The Balaban J connectivity index is 3.36. The quantitative estimate of drug-likeness (QED) is 0.375. The van der Waals surface area contributed by atoms with E-state index in [1.807, 2.05) is 12.1 Å². The average molecular weight is 333 g/mol. The van der Waals surface area contributed by atoms with Crippen LogP contribution in [0.1, 0.15) is 29.6 Å². The van der Waals surface area contributed by atoms with Crippen LogP contribution in [0.3, 0.4) is 0 Å². The van der Waals surface area contributed by atoms with Gasteiger partial charge in [0.15, 0.2) is 5.78 Å². The number of phenols is 1. The Morgan fingerprint density at radius 2 is 1.55 bits per heavy atom. The number of carbonyl (C=O) groups is 1. The minimum atomic E-state index is -1.72. The summed E-state index contributed by atoms with van der Waals surface area (Å²) in [6.07, 6.45) is 7.08. The van der Waals surface area contributed by atoms with E-state index in [-0.39, 0.29) is 5.78 Å². The van der Waals surface area contributed by atoms with E-state index < -0.39 is 16.1 Å². The van der Waals surface area contributed by atoms with Gasteiger partial charge in [0.05, 0.1) is 16.1 Å². The van der Waals surface area contributed by atoms with Crippen molar-refractivity contribution >= 4 is 32.3 Å². The SMILES string of the molecule is C#CCCCC(=O)c1cc([Si](C)(C)C)c(O)c([Si](C)(C)C)c1. The number of Topliss-reactive ketones (excluding diaryl/α,β-unsaturated/α-hetero) is 1. The predicted molar refractivity (Wildman–Crippen MR) is 101 cm³/mol. The first-order chi connectivity index (χ1) is 9.98. The molecule has 2 nitrogen and oxygen atoms in total. The maximum Gasteiger partial charge on any atom is 0.162 e. The highest BCUT2D eigenvalue weighted by Crippen LogP contribution is 2.19. The van der Waals surface area contributed by atoms with Crippen molar-refractivity contribution in [1.29, 1.82) is 0 Å². The third-order valence-corrected chi connectivity index (χ3v) is 7.77. The third kappa shape index (κ3) is 4.59. The van der Waals surface area contributed by atoms with Gasteiger partial charge in [-0.3, -0.25) is 4.79 Å².